The van der Waals surface area contributed by atoms with Crippen LogP contribution in [0.1, 0.15) is 6.42 Å². The van der Waals surface area contributed by atoms with Crippen molar-refractivity contribution in [3.05, 3.63) is 24.0 Å². The number of benzene rings is 1. The molecule has 0 bridgehead atoms. The Balaban J connectivity index is 2.56. The van der Waals surface area contributed by atoms with E-state index in [1.54, 1.807) is 0 Å². The number of carboxylic acids is 1. The van der Waals surface area contributed by atoms with Gasteiger partial charge in [0.2, 0.25) is 0 Å². The number of carbonyl (C=O) groups is 2. The predicted molar refractivity (Wildman–Crippen MR) is 62.2 cm³/mol. The molecule has 1 aromatic rings. The van der Waals surface area contributed by atoms with Crippen LogP contribution < -0.4 is 15.4 Å². The molecule has 2 amide bonds. The van der Waals surface area contributed by atoms with Gasteiger partial charge in [-0.15, -0.1) is 0 Å². The molecule has 0 aromatic heterocycles. The van der Waals surface area contributed by atoms with Crippen LogP contribution in [0.4, 0.5) is 14.9 Å². The molecular weight excluding hydrogens is 243 g/mol. The summed E-state index contributed by atoms with van der Waals surface area (Å²) in [5.74, 6) is -1.30. The zero-order valence-corrected chi connectivity index (χ0v) is 9.70. The second kappa shape index (κ2) is 6.43. The Labute approximate surface area is 103 Å². The third kappa shape index (κ3) is 4.28. The van der Waals surface area contributed by atoms with Crippen molar-refractivity contribution in [2.75, 3.05) is 19.0 Å². The number of hydrogen-bond acceptors (Lipinski definition) is 3. The standard InChI is InChI=1S/C11H13FN2O4/c1-18-9-6-7(12)2-3-8(9)14-11(17)13-5-4-10(15)16/h2-3,6H,4-5H2,1H3,(H,15,16)(H2,13,14,17). The molecule has 98 valence electrons. The minimum Gasteiger partial charge on any atom is -0.494 e. The van der Waals surface area contributed by atoms with Gasteiger partial charge in [0.25, 0.3) is 0 Å². The summed E-state index contributed by atoms with van der Waals surface area (Å²) in [5.41, 5.74) is 0.298. The Morgan fingerprint density at radius 3 is 2.78 bits per heavy atom. The number of methoxy groups -OCH3 is 1. The average Bonchev–Trinajstić information content (AvgIpc) is 2.31. The first-order chi connectivity index (χ1) is 8.52. The molecule has 0 radical (unpaired) electrons. The predicted octanol–water partition coefficient (Wildman–Crippen LogP) is 1.43. The highest BCUT2D eigenvalue weighted by molar-refractivity contribution is 5.91. The van der Waals surface area contributed by atoms with E-state index in [9.17, 15) is 14.0 Å². The van der Waals surface area contributed by atoms with Crippen LogP contribution in [0.15, 0.2) is 18.2 Å². The highest BCUT2D eigenvalue weighted by atomic mass is 19.1. The Kier molecular flexibility index (Phi) is 4.91. The normalized spacial score (nSPS) is 9.67. The molecule has 7 heteroatoms. The summed E-state index contributed by atoms with van der Waals surface area (Å²) in [6, 6.07) is 3.08. The number of aliphatic carboxylic acids is 1. The van der Waals surface area contributed by atoms with Gasteiger partial charge in [0.15, 0.2) is 0 Å². The van der Waals surface area contributed by atoms with Crippen LogP contribution >= 0.6 is 0 Å². The number of hydrogen-bond donors (Lipinski definition) is 3. The molecule has 0 aliphatic rings. The maximum atomic E-state index is 12.9. The first kappa shape index (κ1) is 13.8. The highest BCUT2D eigenvalue weighted by Gasteiger charge is 2.08. The zero-order chi connectivity index (χ0) is 13.5. The lowest BCUT2D eigenvalue weighted by molar-refractivity contribution is -0.136. The quantitative estimate of drug-likeness (QED) is 0.743. The van der Waals surface area contributed by atoms with Gasteiger partial charge in [-0.2, -0.15) is 0 Å². The molecule has 1 rings (SSSR count). The second-order valence-corrected chi connectivity index (χ2v) is 3.37. The topological polar surface area (TPSA) is 87.7 Å². The Morgan fingerprint density at radius 1 is 1.44 bits per heavy atom. The fourth-order valence-electron chi connectivity index (χ4n) is 1.22. The molecule has 0 saturated heterocycles. The van der Waals surface area contributed by atoms with Gasteiger partial charge in [0.1, 0.15) is 11.6 Å². The minimum atomic E-state index is -1.00. The minimum absolute atomic E-state index is 0.00464. The van der Waals surface area contributed by atoms with E-state index in [4.69, 9.17) is 9.84 Å². The fourth-order valence-corrected chi connectivity index (χ4v) is 1.22. The third-order valence-corrected chi connectivity index (χ3v) is 2.04. The van der Waals surface area contributed by atoms with Crippen LogP contribution in [0.5, 0.6) is 5.75 Å². The van der Waals surface area contributed by atoms with Crippen molar-refractivity contribution in [2.24, 2.45) is 0 Å². The SMILES string of the molecule is COc1cc(F)ccc1NC(=O)NCCC(=O)O. The van der Waals surface area contributed by atoms with Gasteiger partial charge in [-0.1, -0.05) is 0 Å². The number of urea groups is 1. The van der Waals surface area contributed by atoms with Crippen LogP contribution in [-0.4, -0.2) is 30.8 Å². The van der Waals surface area contributed by atoms with Crippen molar-refractivity contribution >= 4 is 17.7 Å². The third-order valence-electron chi connectivity index (χ3n) is 2.04. The summed E-state index contributed by atoms with van der Waals surface area (Å²) >= 11 is 0. The highest BCUT2D eigenvalue weighted by Crippen LogP contribution is 2.24. The maximum Gasteiger partial charge on any atom is 0.319 e. The first-order valence-corrected chi connectivity index (χ1v) is 5.13. The molecule has 3 N–H and O–H groups in total. The number of carbonyl (C=O) groups excluding carboxylic acids is 1. The maximum absolute atomic E-state index is 12.9. The zero-order valence-electron chi connectivity index (χ0n) is 9.70. The van der Waals surface area contributed by atoms with Crippen molar-refractivity contribution in [3.8, 4) is 5.75 Å². The van der Waals surface area contributed by atoms with Crippen LogP contribution in [0.3, 0.4) is 0 Å². The van der Waals surface area contributed by atoms with Gasteiger partial charge in [-0.05, 0) is 12.1 Å². The lowest BCUT2D eigenvalue weighted by Gasteiger charge is -2.10. The summed E-state index contributed by atoms with van der Waals surface area (Å²) in [4.78, 5) is 21.6. The van der Waals surface area contributed by atoms with Crippen molar-refractivity contribution in [1.82, 2.24) is 5.32 Å². The van der Waals surface area contributed by atoms with Crippen molar-refractivity contribution < 1.29 is 23.8 Å². The van der Waals surface area contributed by atoms with Gasteiger partial charge in [0.05, 0.1) is 19.2 Å². The van der Waals surface area contributed by atoms with Crippen LogP contribution in [-0.2, 0) is 4.79 Å². The van der Waals surface area contributed by atoms with Gasteiger partial charge < -0.3 is 20.5 Å². The molecule has 0 saturated carbocycles. The molecule has 0 fully saturated rings. The molecule has 0 atom stereocenters. The van der Waals surface area contributed by atoms with E-state index in [2.05, 4.69) is 10.6 Å². The first-order valence-electron chi connectivity index (χ1n) is 5.13. The molecule has 0 spiro atoms. The summed E-state index contributed by atoms with van der Waals surface area (Å²) in [6.07, 6.45) is -0.173. The number of halogens is 1. The molecule has 0 heterocycles. The van der Waals surface area contributed by atoms with E-state index in [1.807, 2.05) is 0 Å². The van der Waals surface area contributed by atoms with E-state index in [0.717, 1.165) is 6.07 Å². The molecule has 0 unspecified atom stereocenters. The van der Waals surface area contributed by atoms with E-state index >= 15 is 0 Å². The molecule has 6 nitrogen and oxygen atoms in total. The number of amides is 2. The smallest absolute Gasteiger partial charge is 0.319 e. The van der Waals surface area contributed by atoms with Crippen LogP contribution in [0.25, 0.3) is 0 Å². The monoisotopic (exact) mass is 256 g/mol. The van der Waals surface area contributed by atoms with Crippen molar-refractivity contribution in [2.45, 2.75) is 6.42 Å². The van der Waals surface area contributed by atoms with Crippen molar-refractivity contribution in [1.29, 1.82) is 0 Å². The average molecular weight is 256 g/mol. The summed E-state index contributed by atoms with van der Waals surface area (Å²) in [6.45, 7) is 0.00464. The van der Waals surface area contributed by atoms with Gasteiger partial charge >= 0.3 is 12.0 Å². The number of nitrogens with one attached hydrogen (secondary N) is 2. The second-order valence-electron chi connectivity index (χ2n) is 3.37. The number of ether oxygens (including phenoxy) is 1. The molecule has 0 aliphatic carbocycles. The van der Waals surface area contributed by atoms with Gasteiger partial charge in [-0.25, -0.2) is 9.18 Å². The van der Waals surface area contributed by atoms with E-state index in [-0.39, 0.29) is 18.7 Å². The van der Waals surface area contributed by atoms with E-state index < -0.39 is 17.8 Å². The molecule has 18 heavy (non-hydrogen) atoms. The number of anilines is 1. The Hall–Kier alpha value is -2.31. The van der Waals surface area contributed by atoms with Gasteiger partial charge in [-0.3, -0.25) is 4.79 Å². The largest absolute Gasteiger partial charge is 0.494 e. The lowest BCUT2D eigenvalue weighted by Crippen LogP contribution is -2.30. The fraction of sp³-hybridized carbons (Fsp3) is 0.273. The molecular formula is C11H13FN2O4. The Morgan fingerprint density at radius 2 is 2.17 bits per heavy atom. The van der Waals surface area contributed by atoms with Crippen LogP contribution in [0.2, 0.25) is 0 Å². The summed E-state index contributed by atoms with van der Waals surface area (Å²) in [7, 11) is 1.35. The van der Waals surface area contributed by atoms with E-state index in [0.29, 0.717) is 5.69 Å². The molecule has 0 aliphatic heterocycles. The van der Waals surface area contributed by atoms with Crippen LogP contribution in [0, 0.1) is 5.82 Å². The number of rotatable bonds is 5. The Bertz CT molecular complexity index is 451. The van der Waals surface area contributed by atoms with Gasteiger partial charge in [0, 0.05) is 12.6 Å². The van der Waals surface area contributed by atoms with E-state index in [1.165, 1.54) is 19.2 Å². The number of carboxylic acid groups (broad SMARTS) is 1. The van der Waals surface area contributed by atoms with Crippen molar-refractivity contribution in [3.63, 3.8) is 0 Å². The summed E-state index contributed by atoms with van der Waals surface area (Å²) in [5, 5.41) is 13.2. The lowest BCUT2D eigenvalue weighted by atomic mass is 10.3. The molecule has 1 aromatic carbocycles. The summed E-state index contributed by atoms with van der Waals surface area (Å²) < 4.78 is 17.8.